The van der Waals surface area contributed by atoms with Crippen molar-refractivity contribution in [2.75, 3.05) is 33.4 Å². The average Bonchev–Trinajstić information content (AvgIpc) is 3.08. The van der Waals surface area contributed by atoms with E-state index in [2.05, 4.69) is 5.32 Å². The van der Waals surface area contributed by atoms with E-state index in [1.807, 2.05) is 0 Å². The summed E-state index contributed by atoms with van der Waals surface area (Å²) in [5.74, 6) is -3.80. The summed E-state index contributed by atoms with van der Waals surface area (Å²) in [5, 5.41) is 2.87. The van der Waals surface area contributed by atoms with Crippen molar-refractivity contribution in [3.05, 3.63) is 71.0 Å². The molecular weight excluding hydrogens is 463 g/mol. The minimum Gasteiger partial charge on any atom is -0.383 e. The van der Waals surface area contributed by atoms with E-state index in [9.17, 15) is 27.6 Å². The van der Waals surface area contributed by atoms with Crippen LogP contribution in [-0.4, -0.2) is 66.5 Å². The molecule has 0 bridgehead atoms. The van der Waals surface area contributed by atoms with Crippen LogP contribution in [0.2, 0.25) is 0 Å². The normalized spacial score (nSPS) is 20.9. The van der Waals surface area contributed by atoms with Gasteiger partial charge < -0.3 is 15.0 Å². The molecule has 0 radical (unpaired) electrons. The number of nitrogens with one attached hydrogen (secondary N) is 1. The van der Waals surface area contributed by atoms with Gasteiger partial charge >= 0.3 is 6.03 Å². The number of hydrogen-bond donors (Lipinski definition) is 1. The van der Waals surface area contributed by atoms with Gasteiger partial charge in [0.05, 0.1) is 13.2 Å². The van der Waals surface area contributed by atoms with E-state index in [1.54, 1.807) is 12.1 Å². The predicted octanol–water partition coefficient (Wildman–Crippen LogP) is 3.14. The Labute approximate surface area is 200 Å². The number of imide groups is 1. The van der Waals surface area contributed by atoms with Gasteiger partial charge in [-0.25, -0.2) is 18.0 Å². The van der Waals surface area contributed by atoms with Gasteiger partial charge in [-0.2, -0.15) is 0 Å². The van der Waals surface area contributed by atoms with Crippen LogP contribution in [0.25, 0.3) is 0 Å². The monoisotopic (exact) mass is 489 g/mol. The second-order valence-corrected chi connectivity index (χ2v) is 8.82. The number of halogens is 3. The first-order valence-electron chi connectivity index (χ1n) is 11.4. The van der Waals surface area contributed by atoms with Crippen LogP contribution in [0.3, 0.4) is 0 Å². The number of methoxy groups -OCH3 is 1. The Bertz CT molecular complexity index is 1100. The van der Waals surface area contributed by atoms with Crippen LogP contribution in [0.5, 0.6) is 0 Å². The zero-order valence-corrected chi connectivity index (χ0v) is 19.2. The zero-order valence-electron chi connectivity index (χ0n) is 19.2. The third-order valence-electron chi connectivity index (χ3n) is 6.77. The number of nitrogens with zero attached hydrogens (tertiary/aromatic N) is 2. The Morgan fingerprint density at radius 3 is 2.29 bits per heavy atom. The van der Waals surface area contributed by atoms with Crippen molar-refractivity contribution >= 4 is 17.8 Å². The maximum Gasteiger partial charge on any atom is 0.325 e. The van der Waals surface area contributed by atoms with Gasteiger partial charge in [-0.05, 0) is 48.6 Å². The minimum absolute atomic E-state index is 0.0796. The Kier molecular flexibility index (Phi) is 7.11. The summed E-state index contributed by atoms with van der Waals surface area (Å²) >= 11 is 0. The molecule has 7 nitrogen and oxygen atoms in total. The molecule has 2 saturated heterocycles. The third kappa shape index (κ3) is 4.75. The summed E-state index contributed by atoms with van der Waals surface area (Å²) in [7, 11) is 1.47. The number of likely N-dealkylation sites (tertiary alicyclic amines) is 1. The molecule has 0 unspecified atom stereocenters. The molecule has 2 aliphatic heterocycles. The van der Waals surface area contributed by atoms with Crippen LogP contribution in [-0.2, 0) is 16.0 Å². The predicted molar refractivity (Wildman–Crippen MR) is 120 cm³/mol. The summed E-state index contributed by atoms with van der Waals surface area (Å²) in [4.78, 5) is 41.6. The SMILES string of the molecule is COCCN1C(=O)N[C@@](Cc2ccc(F)cc2)(C2CCN(C(=O)c3c(F)cccc3F)CC2)C1=O. The molecule has 0 saturated carbocycles. The number of ether oxygens (including phenoxy) is 1. The van der Waals surface area contributed by atoms with Gasteiger partial charge in [0, 0.05) is 26.6 Å². The molecule has 2 aliphatic rings. The van der Waals surface area contributed by atoms with E-state index < -0.39 is 46.4 Å². The number of benzene rings is 2. The van der Waals surface area contributed by atoms with Gasteiger partial charge in [-0.15, -0.1) is 0 Å². The lowest BCUT2D eigenvalue weighted by Crippen LogP contribution is -2.58. The number of rotatable bonds is 7. The second kappa shape index (κ2) is 10.1. The standard InChI is InChI=1S/C25H26F3N3O4/c1-35-14-13-31-23(33)25(29-24(31)34,15-16-5-7-18(26)8-6-16)17-9-11-30(12-10-17)22(32)21-19(27)3-2-4-20(21)28/h2-8,17H,9-15H2,1H3,(H,29,34)/t25-/m0/s1. The zero-order chi connectivity index (χ0) is 25.2. The van der Waals surface area contributed by atoms with Gasteiger partial charge in [0.2, 0.25) is 0 Å². The van der Waals surface area contributed by atoms with Crippen molar-refractivity contribution in [1.82, 2.24) is 15.1 Å². The van der Waals surface area contributed by atoms with E-state index in [1.165, 1.54) is 30.2 Å². The van der Waals surface area contributed by atoms with Crippen molar-refractivity contribution < 1.29 is 32.3 Å². The van der Waals surface area contributed by atoms with Gasteiger partial charge in [0.15, 0.2) is 0 Å². The molecular formula is C25H26F3N3O4. The molecule has 0 spiro atoms. The first-order valence-corrected chi connectivity index (χ1v) is 11.4. The van der Waals surface area contributed by atoms with Crippen molar-refractivity contribution in [2.45, 2.75) is 24.8 Å². The van der Waals surface area contributed by atoms with Crippen LogP contribution < -0.4 is 5.32 Å². The number of urea groups is 1. The fraction of sp³-hybridized carbons (Fsp3) is 0.400. The highest BCUT2D eigenvalue weighted by Crippen LogP contribution is 2.37. The van der Waals surface area contributed by atoms with Gasteiger partial charge in [0.1, 0.15) is 28.6 Å². The maximum absolute atomic E-state index is 14.1. The number of carbonyl (C=O) groups is 3. The summed E-state index contributed by atoms with van der Waals surface area (Å²) in [5.41, 5.74) is -1.23. The Morgan fingerprint density at radius 2 is 1.69 bits per heavy atom. The van der Waals surface area contributed by atoms with Gasteiger partial charge in [-0.3, -0.25) is 14.5 Å². The fourth-order valence-corrected chi connectivity index (χ4v) is 4.93. The lowest BCUT2D eigenvalue weighted by atomic mass is 9.73. The number of piperidine rings is 1. The van der Waals surface area contributed by atoms with Gasteiger partial charge in [-0.1, -0.05) is 18.2 Å². The Morgan fingerprint density at radius 1 is 1.06 bits per heavy atom. The molecule has 35 heavy (non-hydrogen) atoms. The van der Waals surface area contributed by atoms with Gasteiger partial charge in [0.25, 0.3) is 11.8 Å². The fourth-order valence-electron chi connectivity index (χ4n) is 4.93. The summed E-state index contributed by atoms with van der Waals surface area (Å²) in [6.07, 6.45) is 0.794. The summed E-state index contributed by atoms with van der Waals surface area (Å²) in [6, 6.07) is 8.41. The van der Waals surface area contributed by atoms with Crippen LogP contribution in [0.4, 0.5) is 18.0 Å². The molecule has 2 heterocycles. The lowest BCUT2D eigenvalue weighted by Gasteiger charge is -2.41. The third-order valence-corrected chi connectivity index (χ3v) is 6.77. The van der Waals surface area contributed by atoms with Crippen LogP contribution in [0.1, 0.15) is 28.8 Å². The van der Waals surface area contributed by atoms with E-state index in [0.29, 0.717) is 18.4 Å². The van der Waals surface area contributed by atoms with Crippen LogP contribution in [0.15, 0.2) is 42.5 Å². The Balaban J connectivity index is 1.57. The maximum atomic E-state index is 14.1. The molecule has 2 fully saturated rings. The minimum atomic E-state index is -1.29. The molecule has 1 N–H and O–H groups in total. The van der Waals surface area contributed by atoms with Crippen molar-refractivity contribution in [2.24, 2.45) is 5.92 Å². The largest absolute Gasteiger partial charge is 0.383 e. The number of amides is 4. The average molecular weight is 489 g/mol. The van der Waals surface area contributed by atoms with Crippen molar-refractivity contribution in [1.29, 1.82) is 0 Å². The molecule has 4 amide bonds. The molecule has 186 valence electrons. The first kappa shape index (κ1) is 24.7. The number of carbonyl (C=O) groups excluding carboxylic acids is 3. The molecule has 2 aromatic rings. The quantitative estimate of drug-likeness (QED) is 0.607. The van der Waals surface area contributed by atoms with Crippen LogP contribution >= 0.6 is 0 Å². The topological polar surface area (TPSA) is 79.0 Å². The van der Waals surface area contributed by atoms with E-state index in [0.717, 1.165) is 17.0 Å². The highest BCUT2D eigenvalue weighted by Gasteiger charge is 2.56. The lowest BCUT2D eigenvalue weighted by molar-refractivity contribution is -0.134. The summed E-state index contributed by atoms with van der Waals surface area (Å²) in [6.45, 7) is 0.566. The van der Waals surface area contributed by atoms with Crippen molar-refractivity contribution in [3.63, 3.8) is 0 Å². The number of hydrogen-bond acceptors (Lipinski definition) is 4. The molecule has 2 aromatic carbocycles. The Hall–Kier alpha value is -3.40. The highest BCUT2D eigenvalue weighted by atomic mass is 19.1. The smallest absolute Gasteiger partial charge is 0.325 e. The van der Waals surface area contributed by atoms with E-state index in [4.69, 9.17) is 4.74 Å². The summed E-state index contributed by atoms with van der Waals surface area (Å²) < 4.78 is 46.7. The molecule has 4 rings (SSSR count). The molecule has 0 aliphatic carbocycles. The second-order valence-electron chi connectivity index (χ2n) is 8.82. The van der Waals surface area contributed by atoms with Crippen LogP contribution in [0, 0.1) is 23.4 Å². The van der Waals surface area contributed by atoms with E-state index >= 15 is 0 Å². The first-order chi connectivity index (χ1) is 16.8. The van der Waals surface area contributed by atoms with E-state index in [-0.39, 0.29) is 38.6 Å². The van der Waals surface area contributed by atoms with Crippen molar-refractivity contribution in [3.8, 4) is 0 Å². The molecule has 0 aromatic heterocycles. The molecule has 10 heteroatoms. The molecule has 1 atom stereocenters. The highest BCUT2D eigenvalue weighted by molar-refractivity contribution is 6.07.